The van der Waals surface area contributed by atoms with Crippen LogP contribution in [0.25, 0.3) is 28.0 Å². The molecule has 3 heterocycles. The Morgan fingerprint density at radius 3 is 2.57 bits per heavy atom. The molecule has 142 valence electrons. The predicted molar refractivity (Wildman–Crippen MR) is 113 cm³/mol. The van der Waals surface area contributed by atoms with Crippen molar-refractivity contribution in [2.45, 2.75) is 26.2 Å². The number of aryl methyl sites for hydroxylation is 1. The molecule has 1 aliphatic rings. The number of nitrogens with zero attached hydrogens (tertiary/aromatic N) is 3. The van der Waals surface area contributed by atoms with E-state index in [1.54, 1.807) is 0 Å². The van der Waals surface area contributed by atoms with E-state index in [1.165, 1.54) is 36.8 Å². The first kappa shape index (κ1) is 17.3. The predicted octanol–water partition coefficient (Wildman–Crippen LogP) is 5.23. The van der Waals surface area contributed by atoms with Gasteiger partial charge in [-0.15, -0.1) is 0 Å². The van der Waals surface area contributed by atoms with Gasteiger partial charge in [0.15, 0.2) is 0 Å². The zero-order valence-electron chi connectivity index (χ0n) is 16.3. The number of likely N-dealkylation sites (tertiary alicyclic amines) is 1. The third-order valence-corrected chi connectivity index (χ3v) is 5.75. The molecule has 0 spiro atoms. The summed E-state index contributed by atoms with van der Waals surface area (Å²) in [6, 6.07) is 19.0. The highest BCUT2D eigenvalue weighted by atomic mass is 16.4. The quantitative estimate of drug-likeness (QED) is 0.482. The standard InChI is InChI=1S/C24H25N3O/c1-18-22(13-16-26-14-4-5-15-26)25-24(28-18)20-8-10-21(11-9-20)27-17-12-19-6-2-3-7-23(19)27/h2-3,6-12,17H,4-5,13-16H2,1H3. The van der Waals surface area contributed by atoms with Gasteiger partial charge in [0.2, 0.25) is 5.89 Å². The number of para-hydroxylation sites is 1. The normalized spacial score (nSPS) is 14.9. The largest absolute Gasteiger partial charge is 0.441 e. The van der Waals surface area contributed by atoms with Gasteiger partial charge in [0, 0.05) is 30.4 Å². The summed E-state index contributed by atoms with van der Waals surface area (Å²) in [5.74, 6) is 1.66. The van der Waals surface area contributed by atoms with Crippen LogP contribution < -0.4 is 0 Å². The molecule has 4 heteroatoms. The number of aromatic nitrogens is 2. The molecule has 5 rings (SSSR count). The minimum atomic E-state index is 0.720. The molecule has 0 aliphatic carbocycles. The summed E-state index contributed by atoms with van der Waals surface area (Å²) in [5.41, 5.74) is 4.46. The summed E-state index contributed by atoms with van der Waals surface area (Å²) in [4.78, 5) is 7.30. The smallest absolute Gasteiger partial charge is 0.226 e. The van der Waals surface area contributed by atoms with Gasteiger partial charge in [0.1, 0.15) is 5.76 Å². The summed E-state index contributed by atoms with van der Waals surface area (Å²) in [6.07, 6.45) is 5.73. The summed E-state index contributed by atoms with van der Waals surface area (Å²) < 4.78 is 8.19. The minimum absolute atomic E-state index is 0.720. The zero-order chi connectivity index (χ0) is 18.9. The summed E-state index contributed by atoms with van der Waals surface area (Å²) in [7, 11) is 0. The van der Waals surface area contributed by atoms with E-state index < -0.39 is 0 Å². The van der Waals surface area contributed by atoms with Crippen LogP contribution in [0.2, 0.25) is 0 Å². The van der Waals surface area contributed by atoms with Gasteiger partial charge in [0.25, 0.3) is 0 Å². The molecule has 0 radical (unpaired) electrons. The SMILES string of the molecule is Cc1oc(-c2ccc(-n3ccc4ccccc43)cc2)nc1CCN1CCCC1. The fourth-order valence-corrected chi connectivity index (χ4v) is 4.13. The second-order valence-electron chi connectivity index (χ2n) is 7.61. The van der Waals surface area contributed by atoms with Crippen LogP contribution in [0.15, 0.2) is 65.2 Å². The maximum Gasteiger partial charge on any atom is 0.226 e. The van der Waals surface area contributed by atoms with E-state index in [-0.39, 0.29) is 0 Å². The van der Waals surface area contributed by atoms with Crippen molar-refractivity contribution in [2.75, 3.05) is 19.6 Å². The molecule has 0 unspecified atom stereocenters. The number of oxazole rings is 1. The fourth-order valence-electron chi connectivity index (χ4n) is 4.13. The highest BCUT2D eigenvalue weighted by Crippen LogP contribution is 2.25. The van der Waals surface area contributed by atoms with E-state index in [0.717, 1.165) is 41.6 Å². The van der Waals surface area contributed by atoms with Gasteiger partial charge in [-0.2, -0.15) is 0 Å². The molecule has 4 nitrogen and oxygen atoms in total. The molecule has 0 atom stereocenters. The topological polar surface area (TPSA) is 34.2 Å². The molecule has 4 aromatic rings. The first-order chi connectivity index (χ1) is 13.8. The van der Waals surface area contributed by atoms with Gasteiger partial charge < -0.3 is 13.9 Å². The van der Waals surface area contributed by atoms with Crippen LogP contribution in [-0.4, -0.2) is 34.1 Å². The first-order valence-corrected chi connectivity index (χ1v) is 10.1. The molecule has 1 saturated heterocycles. The summed E-state index contributed by atoms with van der Waals surface area (Å²) in [6.45, 7) is 5.54. The maximum absolute atomic E-state index is 5.98. The average Bonchev–Trinajstić information content (AvgIpc) is 3.46. The van der Waals surface area contributed by atoms with Gasteiger partial charge in [-0.05, 0) is 74.6 Å². The van der Waals surface area contributed by atoms with Crippen LogP contribution >= 0.6 is 0 Å². The Bertz CT molecular complexity index is 1080. The minimum Gasteiger partial charge on any atom is -0.441 e. The van der Waals surface area contributed by atoms with Crippen molar-refractivity contribution in [2.24, 2.45) is 0 Å². The van der Waals surface area contributed by atoms with E-state index in [0.29, 0.717) is 0 Å². The number of benzene rings is 2. The Balaban J connectivity index is 1.36. The van der Waals surface area contributed by atoms with E-state index in [1.807, 2.05) is 6.92 Å². The van der Waals surface area contributed by atoms with E-state index in [9.17, 15) is 0 Å². The molecule has 2 aromatic heterocycles. The van der Waals surface area contributed by atoms with E-state index in [2.05, 4.69) is 70.3 Å². The van der Waals surface area contributed by atoms with Crippen molar-refractivity contribution in [3.8, 4) is 17.1 Å². The Kier molecular flexibility index (Phi) is 4.49. The van der Waals surface area contributed by atoms with Crippen molar-refractivity contribution in [1.29, 1.82) is 0 Å². The lowest BCUT2D eigenvalue weighted by molar-refractivity contribution is 0.341. The number of rotatable bonds is 5. The van der Waals surface area contributed by atoms with Crippen LogP contribution in [0, 0.1) is 6.92 Å². The van der Waals surface area contributed by atoms with E-state index >= 15 is 0 Å². The Morgan fingerprint density at radius 2 is 1.75 bits per heavy atom. The lowest BCUT2D eigenvalue weighted by Gasteiger charge is -2.12. The van der Waals surface area contributed by atoms with Crippen LogP contribution in [0.5, 0.6) is 0 Å². The summed E-state index contributed by atoms with van der Waals surface area (Å²) in [5, 5.41) is 1.25. The van der Waals surface area contributed by atoms with Gasteiger partial charge >= 0.3 is 0 Å². The molecule has 28 heavy (non-hydrogen) atoms. The van der Waals surface area contributed by atoms with Crippen molar-refractivity contribution in [3.05, 3.63) is 72.2 Å². The third-order valence-electron chi connectivity index (χ3n) is 5.75. The van der Waals surface area contributed by atoms with Crippen LogP contribution in [0.1, 0.15) is 24.3 Å². The van der Waals surface area contributed by atoms with Crippen molar-refractivity contribution in [1.82, 2.24) is 14.5 Å². The highest BCUT2D eigenvalue weighted by molar-refractivity contribution is 5.82. The van der Waals surface area contributed by atoms with Crippen molar-refractivity contribution < 1.29 is 4.42 Å². The Morgan fingerprint density at radius 1 is 0.964 bits per heavy atom. The van der Waals surface area contributed by atoms with Crippen molar-refractivity contribution >= 4 is 10.9 Å². The second-order valence-corrected chi connectivity index (χ2v) is 7.61. The summed E-state index contributed by atoms with van der Waals surface area (Å²) >= 11 is 0. The number of hydrogen-bond donors (Lipinski definition) is 0. The van der Waals surface area contributed by atoms with Gasteiger partial charge in [0.05, 0.1) is 11.2 Å². The molecule has 0 N–H and O–H groups in total. The highest BCUT2D eigenvalue weighted by Gasteiger charge is 2.15. The van der Waals surface area contributed by atoms with Crippen LogP contribution in [0.3, 0.4) is 0 Å². The molecule has 0 amide bonds. The Labute approximate surface area is 165 Å². The molecular weight excluding hydrogens is 346 g/mol. The van der Waals surface area contributed by atoms with E-state index in [4.69, 9.17) is 9.40 Å². The third kappa shape index (κ3) is 3.25. The lowest BCUT2D eigenvalue weighted by Crippen LogP contribution is -2.22. The van der Waals surface area contributed by atoms with Crippen LogP contribution in [0.4, 0.5) is 0 Å². The monoisotopic (exact) mass is 371 g/mol. The van der Waals surface area contributed by atoms with Crippen LogP contribution in [-0.2, 0) is 6.42 Å². The number of fused-ring (bicyclic) bond motifs is 1. The molecular formula is C24H25N3O. The van der Waals surface area contributed by atoms with Gasteiger partial charge in [-0.3, -0.25) is 0 Å². The lowest BCUT2D eigenvalue weighted by atomic mass is 10.2. The Hall–Kier alpha value is -2.85. The van der Waals surface area contributed by atoms with Gasteiger partial charge in [-0.1, -0.05) is 18.2 Å². The maximum atomic E-state index is 5.98. The average molecular weight is 371 g/mol. The first-order valence-electron chi connectivity index (χ1n) is 10.1. The molecule has 0 bridgehead atoms. The molecule has 2 aromatic carbocycles. The second kappa shape index (κ2) is 7.28. The molecule has 1 aliphatic heterocycles. The van der Waals surface area contributed by atoms with Gasteiger partial charge in [-0.25, -0.2) is 4.98 Å². The zero-order valence-corrected chi connectivity index (χ0v) is 16.3. The molecule has 0 saturated carbocycles. The molecule has 1 fully saturated rings. The fraction of sp³-hybridized carbons (Fsp3) is 0.292. The number of hydrogen-bond acceptors (Lipinski definition) is 3. The van der Waals surface area contributed by atoms with Crippen molar-refractivity contribution in [3.63, 3.8) is 0 Å².